The van der Waals surface area contributed by atoms with E-state index in [9.17, 15) is 26.4 Å². The van der Waals surface area contributed by atoms with E-state index in [1.807, 2.05) is 0 Å². The average Bonchev–Trinajstić information content (AvgIpc) is 3.00. The highest BCUT2D eigenvalue weighted by molar-refractivity contribution is 7.89. The number of nitrogens with one attached hydrogen (secondary N) is 1. The zero-order valence-corrected chi connectivity index (χ0v) is 23.5. The van der Waals surface area contributed by atoms with Gasteiger partial charge >= 0.3 is 6.18 Å². The van der Waals surface area contributed by atoms with Gasteiger partial charge in [0.2, 0.25) is 10.0 Å². The SMILES string of the molecule is COc1ccc(S(=O)(=O)N(Cc2ccc(C(=O)NN=C(C)c3cccc(C(F)(F)F)c3)cc2)Cc2cccnc2)cc1. The molecule has 0 aliphatic rings. The van der Waals surface area contributed by atoms with Gasteiger partial charge in [-0.1, -0.05) is 30.3 Å². The van der Waals surface area contributed by atoms with Crippen LogP contribution in [0.25, 0.3) is 0 Å². The lowest BCUT2D eigenvalue weighted by Gasteiger charge is -2.22. The van der Waals surface area contributed by atoms with Gasteiger partial charge in [-0.3, -0.25) is 9.78 Å². The number of hydrogen-bond acceptors (Lipinski definition) is 6. The fraction of sp³-hybridized carbons (Fsp3) is 0.167. The number of methoxy groups -OCH3 is 1. The largest absolute Gasteiger partial charge is 0.497 e. The van der Waals surface area contributed by atoms with Crippen LogP contribution in [0.1, 0.15) is 39.5 Å². The molecule has 1 heterocycles. The van der Waals surface area contributed by atoms with Crippen LogP contribution in [0.4, 0.5) is 13.2 Å². The summed E-state index contributed by atoms with van der Waals surface area (Å²) in [6.45, 7) is 1.56. The van der Waals surface area contributed by atoms with Gasteiger partial charge in [0.15, 0.2) is 0 Å². The summed E-state index contributed by atoms with van der Waals surface area (Å²) >= 11 is 0. The van der Waals surface area contributed by atoms with Gasteiger partial charge in [0.1, 0.15) is 5.75 Å². The monoisotopic (exact) mass is 596 g/mol. The number of alkyl halides is 3. The number of amides is 1. The Balaban J connectivity index is 1.50. The van der Waals surface area contributed by atoms with Gasteiger partial charge in [0.05, 0.1) is 23.3 Å². The molecule has 1 N–H and O–H groups in total. The third kappa shape index (κ3) is 7.59. The number of hydrogen-bond donors (Lipinski definition) is 1. The lowest BCUT2D eigenvalue weighted by Crippen LogP contribution is -2.30. The molecule has 0 unspecified atom stereocenters. The van der Waals surface area contributed by atoms with Crippen LogP contribution < -0.4 is 10.2 Å². The Kier molecular flexibility index (Phi) is 9.38. The molecule has 0 aliphatic carbocycles. The standard InChI is InChI=1S/C30H27F3N4O4S/c1-21(25-6-3-7-26(17-25)30(31,32)33)35-36-29(38)24-10-8-22(9-11-24)19-37(20-23-5-4-16-34-18-23)42(39,40)28-14-12-27(41-2)13-15-28/h3-18H,19-20H2,1-2H3,(H,36,38). The van der Waals surface area contributed by atoms with Crippen LogP contribution in [-0.4, -0.2) is 36.4 Å². The predicted octanol–water partition coefficient (Wildman–Crippen LogP) is 5.65. The first-order chi connectivity index (χ1) is 20.0. The molecule has 12 heteroatoms. The Labute approximate surface area is 241 Å². The average molecular weight is 597 g/mol. The van der Waals surface area contributed by atoms with Crippen molar-refractivity contribution >= 4 is 21.6 Å². The summed E-state index contributed by atoms with van der Waals surface area (Å²) in [5.41, 5.74) is 3.49. The highest BCUT2D eigenvalue weighted by atomic mass is 32.2. The lowest BCUT2D eigenvalue weighted by molar-refractivity contribution is -0.137. The maximum atomic E-state index is 13.6. The number of carbonyl (C=O) groups excluding carboxylic acids is 1. The minimum atomic E-state index is -4.50. The first kappa shape index (κ1) is 30.4. The van der Waals surface area contributed by atoms with E-state index in [1.165, 1.54) is 54.7 Å². The second-order valence-corrected chi connectivity index (χ2v) is 11.2. The topological polar surface area (TPSA) is 101 Å². The van der Waals surface area contributed by atoms with Crippen molar-refractivity contribution in [3.05, 3.63) is 125 Å². The maximum absolute atomic E-state index is 13.6. The summed E-state index contributed by atoms with van der Waals surface area (Å²) in [5.74, 6) is -0.0538. The molecule has 8 nitrogen and oxygen atoms in total. The van der Waals surface area contributed by atoms with Crippen LogP contribution in [0.5, 0.6) is 5.75 Å². The van der Waals surface area contributed by atoms with Crippen molar-refractivity contribution in [1.29, 1.82) is 0 Å². The number of pyridine rings is 1. The molecule has 0 aliphatic heterocycles. The molecule has 1 aromatic heterocycles. The summed E-state index contributed by atoms with van der Waals surface area (Å²) in [6.07, 6.45) is -1.31. The van der Waals surface area contributed by atoms with E-state index in [0.717, 1.165) is 12.1 Å². The van der Waals surface area contributed by atoms with Crippen LogP contribution in [0.3, 0.4) is 0 Å². The lowest BCUT2D eigenvalue weighted by atomic mass is 10.1. The molecule has 42 heavy (non-hydrogen) atoms. The van der Waals surface area contributed by atoms with E-state index >= 15 is 0 Å². The molecule has 0 radical (unpaired) electrons. The Morgan fingerprint density at radius 1 is 0.929 bits per heavy atom. The zero-order chi connectivity index (χ0) is 30.3. The summed E-state index contributed by atoms with van der Waals surface area (Å²) in [4.78, 5) is 16.8. The van der Waals surface area contributed by atoms with Crippen LogP contribution >= 0.6 is 0 Å². The zero-order valence-electron chi connectivity index (χ0n) is 22.7. The molecular weight excluding hydrogens is 569 g/mol. The van der Waals surface area contributed by atoms with Gasteiger partial charge in [0, 0.05) is 31.0 Å². The summed E-state index contributed by atoms with van der Waals surface area (Å²) in [5, 5.41) is 3.94. The number of halogens is 3. The number of nitrogens with zero attached hydrogens (tertiary/aromatic N) is 3. The summed E-state index contributed by atoms with van der Waals surface area (Å²) in [7, 11) is -2.43. The van der Waals surface area contributed by atoms with Crippen molar-refractivity contribution in [1.82, 2.24) is 14.7 Å². The summed E-state index contributed by atoms with van der Waals surface area (Å²) in [6, 6.07) is 20.5. The van der Waals surface area contributed by atoms with Gasteiger partial charge in [-0.2, -0.15) is 22.6 Å². The maximum Gasteiger partial charge on any atom is 0.416 e. The van der Waals surface area contributed by atoms with Gasteiger partial charge < -0.3 is 4.74 Å². The highest BCUT2D eigenvalue weighted by Gasteiger charge is 2.30. The van der Waals surface area contributed by atoms with E-state index in [2.05, 4.69) is 15.5 Å². The van der Waals surface area contributed by atoms with Crippen LogP contribution in [-0.2, 0) is 29.3 Å². The predicted molar refractivity (Wildman–Crippen MR) is 151 cm³/mol. The third-order valence-corrected chi connectivity index (χ3v) is 8.09. The van der Waals surface area contributed by atoms with Crippen molar-refractivity contribution in [2.75, 3.05) is 7.11 Å². The third-order valence-electron chi connectivity index (χ3n) is 6.29. The molecule has 3 aromatic carbocycles. The molecule has 0 saturated carbocycles. The normalized spacial score (nSPS) is 12.3. The second-order valence-electron chi connectivity index (χ2n) is 9.22. The Morgan fingerprint density at radius 2 is 1.62 bits per heavy atom. The molecule has 0 bridgehead atoms. The van der Waals surface area contributed by atoms with Crippen molar-refractivity contribution in [3.63, 3.8) is 0 Å². The molecule has 218 valence electrons. The van der Waals surface area contributed by atoms with Crippen LogP contribution in [0.2, 0.25) is 0 Å². The Hall–Kier alpha value is -4.55. The molecular formula is C30H27F3N4O4S. The van der Waals surface area contributed by atoms with Crippen LogP contribution in [0, 0.1) is 0 Å². The van der Waals surface area contributed by atoms with Crippen molar-refractivity contribution < 1.29 is 31.1 Å². The fourth-order valence-corrected chi connectivity index (χ4v) is 5.38. The van der Waals surface area contributed by atoms with E-state index in [4.69, 9.17) is 4.74 Å². The molecule has 0 saturated heterocycles. The number of rotatable bonds is 10. The molecule has 0 spiro atoms. The number of sulfonamides is 1. The fourth-order valence-electron chi connectivity index (χ4n) is 3.97. The highest BCUT2D eigenvalue weighted by Crippen LogP contribution is 2.29. The first-order valence-electron chi connectivity index (χ1n) is 12.6. The number of benzene rings is 3. The number of carbonyl (C=O) groups is 1. The van der Waals surface area contributed by atoms with Gasteiger partial charge in [-0.15, -0.1) is 0 Å². The summed E-state index contributed by atoms with van der Waals surface area (Å²) < 4.78 is 72.6. The number of hydrazone groups is 1. The number of ether oxygens (including phenoxy) is 1. The molecule has 4 aromatic rings. The minimum absolute atomic E-state index is 0.0119. The second kappa shape index (κ2) is 13.0. The Bertz CT molecular complexity index is 1660. The smallest absolute Gasteiger partial charge is 0.416 e. The first-order valence-corrected chi connectivity index (χ1v) is 14.1. The van der Waals surface area contributed by atoms with Gasteiger partial charge in [-0.05, 0) is 78.2 Å². The van der Waals surface area contributed by atoms with E-state index in [-0.39, 0.29) is 34.8 Å². The molecule has 4 rings (SSSR count). The van der Waals surface area contributed by atoms with E-state index in [1.54, 1.807) is 48.8 Å². The number of aromatic nitrogens is 1. The van der Waals surface area contributed by atoms with E-state index < -0.39 is 27.7 Å². The van der Waals surface area contributed by atoms with Gasteiger partial charge in [0.25, 0.3) is 5.91 Å². The van der Waals surface area contributed by atoms with Crippen molar-refractivity contribution in [2.45, 2.75) is 31.1 Å². The quantitative estimate of drug-likeness (QED) is 0.188. The van der Waals surface area contributed by atoms with E-state index in [0.29, 0.717) is 16.9 Å². The minimum Gasteiger partial charge on any atom is -0.497 e. The molecule has 1 amide bonds. The van der Waals surface area contributed by atoms with Gasteiger partial charge in [-0.25, -0.2) is 13.8 Å². The van der Waals surface area contributed by atoms with Crippen molar-refractivity contribution in [2.24, 2.45) is 5.10 Å². The van der Waals surface area contributed by atoms with Crippen LogP contribution in [0.15, 0.2) is 107 Å². The van der Waals surface area contributed by atoms with Crippen molar-refractivity contribution in [3.8, 4) is 5.75 Å². The Morgan fingerprint density at radius 3 is 2.24 bits per heavy atom. The molecule has 0 atom stereocenters. The molecule has 0 fully saturated rings.